The number of likely N-dealkylation sites (N-methyl/N-ethyl adjacent to an activating group) is 1. The minimum absolute atomic E-state index is 0.0622. The number of amides is 2. The van der Waals surface area contributed by atoms with Crippen LogP contribution in [0, 0.1) is 0 Å². The number of sulfone groups is 1. The number of carbonyl (C=O) groups excluding carboxylic acids is 2. The van der Waals surface area contributed by atoms with Gasteiger partial charge in [0.05, 0.1) is 18.6 Å². The van der Waals surface area contributed by atoms with Gasteiger partial charge in [-0.2, -0.15) is 0 Å². The van der Waals surface area contributed by atoms with Gasteiger partial charge in [0.15, 0.2) is 9.84 Å². The topological polar surface area (TPSA) is 92.8 Å². The van der Waals surface area contributed by atoms with Crippen molar-refractivity contribution >= 4 is 21.7 Å². The number of hydrogen-bond donors (Lipinski definition) is 1. The Morgan fingerprint density at radius 2 is 2.12 bits per heavy atom. The number of carbonyl (C=O) groups is 2. The Hall–Kier alpha value is -2.09. The maximum absolute atomic E-state index is 12.1. The van der Waals surface area contributed by atoms with Crippen LogP contribution in [0.1, 0.15) is 12.0 Å². The fourth-order valence-electron chi connectivity index (χ4n) is 2.63. The maximum Gasteiger partial charge on any atom is 0.311 e. The van der Waals surface area contributed by atoms with Crippen molar-refractivity contribution in [3.05, 3.63) is 29.8 Å². The van der Waals surface area contributed by atoms with Crippen molar-refractivity contribution in [2.45, 2.75) is 18.9 Å². The molecule has 1 aliphatic heterocycles. The Labute approximate surface area is 141 Å². The molecule has 1 heterocycles. The quantitative estimate of drug-likeness (QED) is 0.752. The molecular weight excluding hydrogens is 332 g/mol. The average Bonchev–Trinajstić information content (AvgIpc) is 2.93. The minimum atomic E-state index is -3.10. The number of rotatable bonds is 5. The van der Waals surface area contributed by atoms with Gasteiger partial charge in [0.1, 0.15) is 5.75 Å². The van der Waals surface area contributed by atoms with E-state index >= 15 is 0 Å². The average molecular weight is 354 g/mol. The third kappa shape index (κ3) is 4.70. The van der Waals surface area contributed by atoms with Gasteiger partial charge in [-0.05, 0) is 30.5 Å². The van der Waals surface area contributed by atoms with Crippen molar-refractivity contribution in [2.75, 3.05) is 32.2 Å². The second-order valence-electron chi connectivity index (χ2n) is 5.83. The van der Waals surface area contributed by atoms with Gasteiger partial charge in [-0.3, -0.25) is 9.59 Å². The molecule has 0 bridgehead atoms. The second-order valence-corrected chi connectivity index (χ2v) is 8.06. The Morgan fingerprint density at radius 1 is 1.38 bits per heavy atom. The summed E-state index contributed by atoms with van der Waals surface area (Å²) in [5.41, 5.74) is 0.984. The van der Waals surface area contributed by atoms with E-state index < -0.39 is 27.7 Å². The molecule has 1 N–H and O–H groups in total. The van der Waals surface area contributed by atoms with Gasteiger partial charge in [-0.25, -0.2) is 8.42 Å². The summed E-state index contributed by atoms with van der Waals surface area (Å²) < 4.78 is 28.1. The zero-order chi connectivity index (χ0) is 17.7. The van der Waals surface area contributed by atoms with E-state index in [0.717, 1.165) is 11.3 Å². The van der Waals surface area contributed by atoms with Crippen LogP contribution in [0.5, 0.6) is 5.75 Å². The van der Waals surface area contributed by atoms with Gasteiger partial charge in [0, 0.05) is 19.6 Å². The zero-order valence-corrected chi connectivity index (χ0v) is 14.6. The first kappa shape index (κ1) is 18.3. The molecule has 24 heavy (non-hydrogen) atoms. The smallest absolute Gasteiger partial charge is 0.311 e. The molecule has 0 aliphatic carbocycles. The Balaban J connectivity index is 1.82. The van der Waals surface area contributed by atoms with Gasteiger partial charge in [-0.15, -0.1) is 0 Å². The van der Waals surface area contributed by atoms with Gasteiger partial charge in [0.25, 0.3) is 0 Å². The predicted octanol–water partition coefficient (Wildman–Crippen LogP) is -0.000600. The molecule has 2 rings (SSSR count). The SMILES string of the molecule is COc1cccc(CCNC(=O)C(=O)N(C)C2CCS(=O)(=O)C2)c1. The molecule has 1 saturated heterocycles. The molecule has 1 fully saturated rings. The van der Waals surface area contributed by atoms with Crippen LogP contribution in [0.3, 0.4) is 0 Å². The molecule has 0 radical (unpaired) electrons. The third-order valence-corrected chi connectivity index (χ3v) is 5.85. The largest absolute Gasteiger partial charge is 0.497 e. The number of methoxy groups -OCH3 is 1. The van der Waals surface area contributed by atoms with Crippen LogP contribution in [0.15, 0.2) is 24.3 Å². The molecular formula is C16H22N2O5S. The van der Waals surface area contributed by atoms with Crippen molar-refractivity contribution in [1.29, 1.82) is 0 Å². The van der Waals surface area contributed by atoms with Crippen LogP contribution in [0.4, 0.5) is 0 Å². The van der Waals surface area contributed by atoms with E-state index in [-0.39, 0.29) is 11.5 Å². The molecule has 132 valence electrons. The summed E-state index contributed by atoms with van der Waals surface area (Å²) in [5, 5.41) is 2.57. The van der Waals surface area contributed by atoms with Crippen LogP contribution >= 0.6 is 0 Å². The molecule has 8 heteroatoms. The molecule has 0 aromatic heterocycles. The fraction of sp³-hybridized carbons (Fsp3) is 0.500. The van der Waals surface area contributed by atoms with Crippen molar-refractivity contribution in [2.24, 2.45) is 0 Å². The number of benzene rings is 1. The van der Waals surface area contributed by atoms with Gasteiger partial charge in [0.2, 0.25) is 0 Å². The lowest BCUT2D eigenvalue weighted by Crippen LogP contribution is -2.46. The summed E-state index contributed by atoms with van der Waals surface area (Å²) >= 11 is 0. The van der Waals surface area contributed by atoms with E-state index in [0.29, 0.717) is 19.4 Å². The maximum atomic E-state index is 12.1. The number of nitrogens with one attached hydrogen (secondary N) is 1. The number of nitrogens with zero attached hydrogens (tertiary/aromatic N) is 1. The lowest BCUT2D eigenvalue weighted by Gasteiger charge is -2.22. The van der Waals surface area contributed by atoms with E-state index in [9.17, 15) is 18.0 Å². The highest BCUT2D eigenvalue weighted by atomic mass is 32.2. The molecule has 2 amide bonds. The van der Waals surface area contributed by atoms with Crippen LogP contribution in [-0.4, -0.2) is 63.4 Å². The lowest BCUT2D eigenvalue weighted by atomic mass is 10.1. The van der Waals surface area contributed by atoms with Gasteiger partial charge < -0.3 is 15.0 Å². The van der Waals surface area contributed by atoms with Crippen LogP contribution < -0.4 is 10.1 Å². The molecule has 1 unspecified atom stereocenters. The van der Waals surface area contributed by atoms with E-state index in [4.69, 9.17) is 4.74 Å². The number of hydrogen-bond acceptors (Lipinski definition) is 5. The first-order chi connectivity index (χ1) is 11.3. The molecule has 1 atom stereocenters. The summed E-state index contributed by atoms with van der Waals surface area (Å²) in [7, 11) is -0.0471. The lowest BCUT2D eigenvalue weighted by molar-refractivity contribution is -0.146. The summed E-state index contributed by atoms with van der Waals surface area (Å²) in [5.74, 6) is -0.705. The van der Waals surface area contributed by atoms with Crippen molar-refractivity contribution < 1.29 is 22.7 Å². The summed E-state index contributed by atoms with van der Waals surface area (Å²) in [6, 6.07) is 7.04. The number of ether oxygens (including phenoxy) is 1. The monoisotopic (exact) mass is 354 g/mol. The third-order valence-electron chi connectivity index (χ3n) is 4.10. The van der Waals surface area contributed by atoms with E-state index in [1.165, 1.54) is 11.9 Å². The summed E-state index contributed by atoms with van der Waals surface area (Å²) in [4.78, 5) is 25.2. The van der Waals surface area contributed by atoms with E-state index in [1.807, 2.05) is 24.3 Å². The van der Waals surface area contributed by atoms with Crippen molar-refractivity contribution in [1.82, 2.24) is 10.2 Å². The summed E-state index contributed by atoms with van der Waals surface area (Å²) in [6.07, 6.45) is 0.944. The van der Waals surface area contributed by atoms with Crippen LogP contribution in [-0.2, 0) is 25.8 Å². The van der Waals surface area contributed by atoms with Crippen molar-refractivity contribution in [3.63, 3.8) is 0 Å². The van der Waals surface area contributed by atoms with E-state index in [2.05, 4.69) is 5.32 Å². The highest BCUT2D eigenvalue weighted by Crippen LogP contribution is 2.16. The Morgan fingerprint density at radius 3 is 2.75 bits per heavy atom. The molecule has 1 aromatic carbocycles. The molecule has 1 aromatic rings. The van der Waals surface area contributed by atoms with Gasteiger partial charge >= 0.3 is 11.8 Å². The highest BCUT2D eigenvalue weighted by molar-refractivity contribution is 7.91. The minimum Gasteiger partial charge on any atom is -0.497 e. The van der Waals surface area contributed by atoms with Crippen molar-refractivity contribution in [3.8, 4) is 5.75 Å². The highest BCUT2D eigenvalue weighted by Gasteiger charge is 2.34. The predicted molar refractivity (Wildman–Crippen MR) is 89.5 cm³/mol. The first-order valence-electron chi connectivity index (χ1n) is 7.71. The first-order valence-corrected chi connectivity index (χ1v) is 9.53. The molecule has 0 saturated carbocycles. The summed E-state index contributed by atoms with van der Waals surface area (Å²) in [6.45, 7) is 0.314. The Kier molecular flexibility index (Phi) is 5.82. The van der Waals surface area contributed by atoms with Crippen LogP contribution in [0.2, 0.25) is 0 Å². The molecule has 0 spiro atoms. The fourth-order valence-corrected chi connectivity index (χ4v) is 4.41. The van der Waals surface area contributed by atoms with Crippen LogP contribution in [0.25, 0.3) is 0 Å². The normalized spacial score (nSPS) is 18.8. The molecule has 1 aliphatic rings. The zero-order valence-electron chi connectivity index (χ0n) is 13.8. The molecule has 7 nitrogen and oxygen atoms in total. The van der Waals surface area contributed by atoms with Gasteiger partial charge in [-0.1, -0.05) is 12.1 Å². The van der Waals surface area contributed by atoms with E-state index in [1.54, 1.807) is 7.11 Å². The second kappa shape index (κ2) is 7.65. The standard InChI is InChI=1S/C16H22N2O5S/c1-18(13-7-9-24(21,22)11-13)16(20)15(19)17-8-6-12-4-3-5-14(10-12)23-2/h3-5,10,13H,6-9,11H2,1-2H3,(H,17,19). The Bertz CT molecular complexity index is 717.